The van der Waals surface area contributed by atoms with E-state index >= 15 is 0 Å². The van der Waals surface area contributed by atoms with Crippen LogP contribution in [-0.2, 0) is 26.2 Å². The number of hydrogen-bond donors (Lipinski definition) is 1. The summed E-state index contributed by atoms with van der Waals surface area (Å²) in [6.07, 6.45) is 2.15. The smallest absolute Gasteiger partial charge is 0.244 e. The van der Waals surface area contributed by atoms with Crippen LogP contribution in [0.1, 0.15) is 43.4 Å². The van der Waals surface area contributed by atoms with Crippen molar-refractivity contribution in [1.82, 2.24) is 10.2 Å². The molecule has 1 atom stereocenters. The third-order valence-corrected chi connectivity index (χ3v) is 7.30. The predicted molar refractivity (Wildman–Crippen MR) is 142 cm³/mol. The second kappa shape index (κ2) is 12.6. The van der Waals surface area contributed by atoms with E-state index < -0.39 is 28.5 Å². The standard InChI is InChI=1S/C25H33Cl2N3O4S/c1-6-12-28-25(32)22(7-2)29(15-19-9-10-20(26)14-21(19)27)24(31)16-30(35(5,33)34)23-11-8-17(3)13-18(23)4/h8-11,13-14,22H,6-7,12,15-16H2,1-5H3,(H,28,32)/t22-/m0/s1. The summed E-state index contributed by atoms with van der Waals surface area (Å²) in [7, 11) is -3.79. The van der Waals surface area contributed by atoms with Crippen LogP contribution < -0.4 is 9.62 Å². The first-order valence-electron chi connectivity index (χ1n) is 11.4. The minimum absolute atomic E-state index is 0.0252. The molecule has 0 saturated heterocycles. The highest BCUT2D eigenvalue weighted by Crippen LogP contribution is 2.26. The SMILES string of the molecule is CCCNC(=O)[C@H](CC)N(Cc1ccc(Cl)cc1Cl)C(=O)CN(c1ccc(C)cc1C)S(C)(=O)=O. The molecule has 2 aromatic carbocycles. The highest BCUT2D eigenvalue weighted by Gasteiger charge is 2.32. The van der Waals surface area contributed by atoms with E-state index in [1.54, 1.807) is 44.2 Å². The molecule has 0 aromatic heterocycles. The lowest BCUT2D eigenvalue weighted by Crippen LogP contribution is -2.52. The van der Waals surface area contributed by atoms with E-state index in [1.165, 1.54) is 4.90 Å². The zero-order valence-corrected chi connectivity index (χ0v) is 23.1. The maximum Gasteiger partial charge on any atom is 0.244 e. The summed E-state index contributed by atoms with van der Waals surface area (Å²) in [5.74, 6) is -0.815. The molecule has 0 spiro atoms. The molecule has 2 amide bonds. The van der Waals surface area contributed by atoms with Gasteiger partial charge in [0.05, 0.1) is 11.9 Å². The number of nitrogens with one attached hydrogen (secondary N) is 1. The Morgan fingerprint density at radius 1 is 1.06 bits per heavy atom. The highest BCUT2D eigenvalue weighted by molar-refractivity contribution is 7.92. The van der Waals surface area contributed by atoms with Gasteiger partial charge in [0.2, 0.25) is 21.8 Å². The molecule has 0 saturated carbocycles. The van der Waals surface area contributed by atoms with Crippen molar-refractivity contribution in [1.29, 1.82) is 0 Å². The minimum atomic E-state index is -3.79. The summed E-state index contributed by atoms with van der Waals surface area (Å²) in [5, 5.41) is 3.64. The average Bonchev–Trinajstić information content (AvgIpc) is 2.77. The van der Waals surface area contributed by atoms with Crippen molar-refractivity contribution in [2.24, 2.45) is 0 Å². The van der Waals surface area contributed by atoms with Crippen molar-refractivity contribution in [3.8, 4) is 0 Å². The van der Waals surface area contributed by atoms with Crippen LogP contribution in [0.3, 0.4) is 0 Å². The Morgan fingerprint density at radius 2 is 1.74 bits per heavy atom. The van der Waals surface area contributed by atoms with Gasteiger partial charge in [-0.15, -0.1) is 0 Å². The van der Waals surface area contributed by atoms with Crippen LogP contribution in [-0.4, -0.2) is 50.5 Å². The first-order valence-corrected chi connectivity index (χ1v) is 14.1. The molecule has 0 aliphatic carbocycles. The van der Waals surface area contributed by atoms with Gasteiger partial charge in [0.15, 0.2) is 0 Å². The van der Waals surface area contributed by atoms with Crippen molar-refractivity contribution < 1.29 is 18.0 Å². The normalized spacial score (nSPS) is 12.2. The molecule has 0 fully saturated rings. The van der Waals surface area contributed by atoms with Gasteiger partial charge in [0.25, 0.3) is 0 Å². The van der Waals surface area contributed by atoms with E-state index in [0.29, 0.717) is 34.3 Å². The Balaban J connectivity index is 2.49. The summed E-state index contributed by atoms with van der Waals surface area (Å²) in [6, 6.07) is 9.45. The van der Waals surface area contributed by atoms with Gasteiger partial charge in [-0.05, 0) is 56.0 Å². The molecular formula is C25H33Cl2N3O4S. The first kappa shape index (κ1) is 28.9. The molecule has 0 aliphatic rings. The Hall–Kier alpha value is -2.29. The Morgan fingerprint density at radius 3 is 2.29 bits per heavy atom. The Labute approximate surface area is 218 Å². The van der Waals surface area contributed by atoms with Gasteiger partial charge >= 0.3 is 0 Å². The van der Waals surface area contributed by atoms with Crippen LogP contribution in [0, 0.1) is 13.8 Å². The number of carbonyl (C=O) groups is 2. The number of rotatable bonds is 11. The van der Waals surface area contributed by atoms with Crippen LogP contribution in [0.15, 0.2) is 36.4 Å². The fourth-order valence-electron chi connectivity index (χ4n) is 3.80. The monoisotopic (exact) mass is 541 g/mol. The van der Waals surface area contributed by atoms with E-state index in [4.69, 9.17) is 23.2 Å². The van der Waals surface area contributed by atoms with Crippen LogP contribution >= 0.6 is 23.2 Å². The summed E-state index contributed by atoms with van der Waals surface area (Å²) in [5.41, 5.74) is 2.72. The molecule has 0 heterocycles. The average molecular weight is 543 g/mol. The second-order valence-electron chi connectivity index (χ2n) is 8.53. The third kappa shape index (κ3) is 7.85. The van der Waals surface area contributed by atoms with E-state index in [2.05, 4.69) is 5.32 Å². The van der Waals surface area contributed by atoms with E-state index in [0.717, 1.165) is 28.1 Å². The van der Waals surface area contributed by atoms with Gasteiger partial charge in [-0.25, -0.2) is 8.42 Å². The Kier molecular flexibility index (Phi) is 10.4. The first-order chi connectivity index (χ1) is 16.4. The Bertz CT molecular complexity index is 1170. The van der Waals surface area contributed by atoms with E-state index in [9.17, 15) is 18.0 Å². The van der Waals surface area contributed by atoms with Crippen molar-refractivity contribution in [3.05, 3.63) is 63.1 Å². The van der Waals surface area contributed by atoms with Crippen LogP contribution in [0.25, 0.3) is 0 Å². The molecule has 7 nitrogen and oxygen atoms in total. The predicted octanol–water partition coefficient (Wildman–Crippen LogP) is 4.71. The molecular weight excluding hydrogens is 509 g/mol. The number of hydrogen-bond acceptors (Lipinski definition) is 4. The van der Waals surface area contributed by atoms with Gasteiger partial charge in [0.1, 0.15) is 12.6 Å². The fraction of sp³-hybridized carbons (Fsp3) is 0.440. The minimum Gasteiger partial charge on any atom is -0.354 e. The topological polar surface area (TPSA) is 86.8 Å². The van der Waals surface area contributed by atoms with Gasteiger partial charge in [0, 0.05) is 23.1 Å². The van der Waals surface area contributed by atoms with Crippen LogP contribution in [0.5, 0.6) is 0 Å². The maximum atomic E-state index is 13.7. The van der Waals surface area contributed by atoms with Gasteiger partial charge in [-0.1, -0.05) is 60.8 Å². The molecule has 2 rings (SSSR count). The molecule has 1 N–H and O–H groups in total. The summed E-state index contributed by atoms with van der Waals surface area (Å²) in [4.78, 5) is 28.0. The summed E-state index contributed by atoms with van der Waals surface area (Å²) < 4.78 is 26.5. The van der Waals surface area contributed by atoms with E-state index in [-0.39, 0.29) is 12.5 Å². The molecule has 0 unspecified atom stereocenters. The second-order valence-corrected chi connectivity index (χ2v) is 11.3. The number of sulfonamides is 1. The number of benzene rings is 2. The number of nitrogens with zero attached hydrogens (tertiary/aromatic N) is 2. The number of carbonyl (C=O) groups excluding carboxylic acids is 2. The molecule has 0 radical (unpaired) electrons. The lowest BCUT2D eigenvalue weighted by atomic mass is 10.1. The van der Waals surface area contributed by atoms with Crippen molar-refractivity contribution in [2.75, 3.05) is 23.7 Å². The van der Waals surface area contributed by atoms with Crippen molar-refractivity contribution >= 4 is 50.7 Å². The molecule has 10 heteroatoms. The molecule has 0 bridgehead atoms. The zero-order valence-electron chi connectivity index (χ0n) is 20.8. The number of anilines is 1. The summed E-state index contributed by atoms with van der Waals surface area (Å²) in [6.45, 7) is 7.48. The fourth-order valence-corrected chi connectivity index (χ4v) is 5.17. The van der Waals surface area contributed by atoms with E-state index in [1.807, 2.05) is 19.9 Å². The number of halogens is 2. The van der Waals surface area contributed by atoms with Gasteiger partial charge in [-0.3, -0.25) is 13.9 Å². The number of aryl methyl sites for hydroxylation is 2. The van der Waals surface area contributed by atoms with Crippen LogP contribution in [0.2, 0.25) is 10.0 Å². The van der Waals surface area contributed by atoms with Gasteiger partial charge in [-0.2, -0.15) is 0 Å². The lowest BCUT2D eigenvalue weighted by molar-refractivity contribution is -0.140. The zero-order chi connectivity index (χ0) is 26.3. The molecule has 2 aromatic rings. The summed E-state index contributed by atoms with van der Waals surface area (Å²) >= 11 is 12.4. The maximum absolute atomic E-state index is 13.7. The number of amides is 2. The van der Waals surface area contributed by atoms with Crippen molar-refractivity contribution in [2.45, 2.75) is 53.1 Å². The lowest BCUT2D eigenvalue weighted by Gasteiger charge is -2.33. The van der Waals surface area contributed by atoms with Crippen LogP contribution in [0.4, 0.5) is 5.69 Å². The molecule has 35 heavy (non-hydrogen) atoms. The van der Waals surface area contributed by atoms with Crippen molar-refractivity contribution in [3.63, 3.8) is 0 Å². The van der Waals surface area contributed by atoms with Gasteiger partial charge < -0.3 is 10.2 Å². The third-order valence-electron chi connectivity index (χ3n) is 5.59. The largest absolute Gasteiger partial charge is 0.354 e. The molecule has 192 valence electrons. The quantitative estimate of drug-likeness (QED) is 0.446. The highest BCUT2D eigenvalue weighted by atomic mass is 35.5. The molecule has 0 aliphatic heterocycles.